The van der Waals surface area contributed by atoms with Crippen LogP contribution in [0.25, 0.3) is 22.2 Å². The third-order valence-corrected chi connectivity index (χ3v) is 5.22. The molecule has 0 aliphatic rings. The zero-order valence-electron chi connectivity index (χ0n) is 17.2. The van der Waals surface area contributed by atoms with E-state index in [2.05, 4.69) is 38.4 Å². The number of ether oxygens (including phenoxy) is 2. The fourth-order valence-electron chi connectivity index (χ4n) is 3.70. The van der Waals surface area contributed by atoms with Crippen molar-refractivity contribution in [3.05, 3.63) is 66.0 Å². The van der Waals surface area contributed by atoms with E-state index in [4.69, 9.17) is 9.47 Å². The number of fused-ring (bicyclic) bond motifs is 1. The molecule has 4 aromatic rings. The van der Waals surface area contributed by atoms with Gasteiger partial charge in [-0.25, -0.2) is 0 Å². The lowest BCUT2D eigenvalue weighted by Crippen LogP contribution is -2.25. The van der Waals surface area contributed by atoms with Crippen LogP contribution in [-0.4, -0.2) is 41.4 Å². The van der Waals surface area contributed by atoms with Crippen molar-refractivity contribution < 1.29 is 14.3 Å². The van der Waals surface area contributed by atoms with Gasteiger partial charge in [0.25, 0.3) is 5.91 Å². The topological polar surface area (TPSA) is 81.2 Å². The van der Waals surface area contributed by atoms with Crippen LogP contribution in [0.4, 0.5) is 0 Å². The maximum absolute atomic E-state index is 12.8. The number of hydrogen-bond donors (Lipinski definition) is 2. The number of methoxy groups -OCH3 is 2. The lowest BCUT2D eigenvalue weighted by molar-refractivity contribution is 0.0955. The van der Waals surface area contributed by atoms with Gasteiger partial charge in [-0.3, -0.25) is 9.89 Å². The normalized spacial score (nSPS) is 10.9. The van der Waals surface area contributed by atoms with Crippen molar-refractivity contribution in [1.29, 1.82) is 0 Å². The first-order chi connectivity index (χ1) is 14.6. The third kappa shape index (κ3) is 3.61. The van der Waals surface area contributed by atoms with E-state index in [0.717, 1.165) is 12.0 Å². The fraction of sp³-hybridized carbons (Fsp3) is 0.217. The number of aromatic amines is 1. The van der Waals surface area contributed by atoms with Crippen molar-refractivity contribution in [1.82, 2.24) is 20.1 Å². The van der Waals surface area contributed by atoms with Crippen LogP contribution in [0.2, 0.25) is 0 Å². The van der Waals surface area contributed by atoms with Crippen molar-refractivity contribution in [2.24, 2.45) is 7.05 Å². The molecule has 0 aliphatic carbocycles. The third-order valence-electron chi connectivity index (χ3n) is 5.22. The molecule has 30 heavy (non-hydrogen) atoms. The van der Waals surface area contributed by atoms with E-state index in [1.807, 2.05) is 31.3 Å². The standard InChI is InChI=1S/C23H24N4O3/c1-27-14-15(17-6-4-5-7-20(17)27)10-11-24-23(28)19-13-25-26-22(19)18-9-8-16(29-2)12-21(18)30-3/h4-9,12-14H,10-11H2,1-3H3,(H,24,28)(H,25,26). The van der Waals surface area contributed by atoms with Crippen molar-refractivity contribution in [3.8, 4) is 22.8 Å². The summed E-state index contributed by atoms with van der Waals surface area (Å²) in [6.07, 6.45) is 4.39. The molecule has 0 radical (unpaired) electrons. The number of carbonyl (C=O) groups excluding carboxylic acids is 1. The first-order valence-corrected chi connectivity index (χ1v) is 9.69. The minimum absolute atomic E-state index is 0.183. The number of carbonyl (C=O) groups is 1. The van der Waals surface area contributed by atoms with Crippen LogP contribution < -0.4 is 14.8 Å². The Kier molecular flexibility index (Phi) is 5.43. The van der Waals surface area contributed by atoms with Crippen LogP contribution in [0, 0.1) is 0 Å². The number of nitrogens with one attached hydrogen (secondary N) is 2. The molecule has 2 aromatic heterocycles. The van der Waals surface area contributed by atoms with Crippen molar-refractivity contribution in [2.75, 3.05) is 20.8 Å². The van der Waals surface area contributed by atoms with Gasteiger partial charge >= 0.3 is 0 Å². The van der Waals surface area contributed by atoms with Crippen LogP contribution in [-0.2, 0) is 13.5 Å². The van der Waals surface area contributed by atoms with E-state index in [1.165, 1.54) is 22.7 Å². The molecule has 7 nitrogen and oxygen atoms in total. The summed E-state index contributed by atoms with van der Waals surface area (Å²) in [6, 6.07) is 13.7. The summed E-state index contributed by atoms with van der Waals surface area (Å²) in [4.78, 5) is 12.8. The first kappa shape index (κ1) is 19.6. The van der Waals surface area contributed by atoms with E-state index < -0.39 is 0 Å². The SMILES string of the molecule is COc1ccc(-c2[nH]ncc2C(=O)NCCc2cn(C)c3ccccc23)c(OC)c1. The van der Waals surface area contributed by atoms with Crippen LogP contribution in [0.3, 0.4) is 0 Å². The van der Waals surface area contributed by atoms with Crippen LogP contribution in [0.5, 0.6) is 11.5 Å². The van der Waals surface area contributed by atoms with Gasteiger partial charge in [-0.1, -0.05) is 18.2 Å². The molecule has 7 heteroatoms. The number of para-hydroxylation sites is 1. The maximum Gasteiger partial charge on any atom is 0.255 e. The summed E-state index contributed by atoms with van der Waals surface area (Å²) in [5.41, 5.74) is 4.21. The molecular formula is C23H24N4O3. The van der Waals surface area contributed by atoms with Gasteiger partial charge in [0.1, 0.15) is 11.5 Å². The summed E-state index contributed by atoms with van der Waals surface area (Å²) < 4.78 is 12.8. The fourth-order valence-corrected chi connectivity index (χ4v) is 3.70. The smallest absolute Gasteiger partial charge is 0.255 e. The predicted octanol–water partition coefficient (Wildman–Crippen LogP) is 3.56. The highest BCUT2D eigenvalue weighted by Crippen LogP contribution is 2.33. The molecule has 2 aromatic carbocycles. The van der Waals surface area contributed by atoms with Crippen molar-refractivity contribution in [3.63, 3.8) is 0 Å². The maximum atomic E-state index is 12.8. The molecule has 0 fully saturated rings. The molecule has 0 unspecified atom stereocenters. The van der Waals surface area contributed by atoms with E-state index in [0.29, 0.717) is 29.3 Å². The quantitative estimate of drug-likeness (QED) is 0.494. The Morgan fingerprint density at radius 1 is 1.17 bits per heavy atom. The molecule has 4 rings (SSSR count). The van der Waals surface area contributed by atoms with Gasteiger partial charge in [0, 0.05) is 42.3 Å². The average Bonchev–Trinajstić information content (AvgIpc) is 3.38. The highest BCUT2D eigenvalue weighted by molar-refractivity contribution is 6.00. The van der Waals surface area contributed by atoms with Gasteiger partial charge in [-0.2, -0.15) is 5.10 Å². The molecule has 2 heterocycles. The second kappa shape index (κ2) is 8.32. The van der Waals surface area contributed by atoms with Crippen molar-refractivity contribution >= 4 is 16.8 Å². The Balaban J connectivity index is 1.50. The first-order valence-electron chi connectivity index (χ1n) is 9.69. The summed E-state index contributed by atoms with van der Waals surface area (Å²) in [7, 11) is 5.21. The summed E-state index contributed by atoms with van der Waals surface area (Å²) >= 11 is 0. The van der Waals surface area contributed by atoms with Crippen LogP contribution in [0.15, 0.2) is 54.9 Å². The number of nitrogens with zero attached hydrogens (tertiary/aromatic N) is 2. The number of rotatable bonds is 7. The molecule has 2 N–H and O–H groups in total. The van der Waals surface area contributed by atoms with E-state index in [9.17, 15) is 4.79 Å². The molecule has 0 saturated heterocycles. The van der Waals surface area contributed by atoms with Gasteiger partial charge in [-0.05, 0) is 30.2 Å². The number of H-pyrrole nitrogens is 1. The summed E-state index contributed by atoms with van der Waals surface area (Å²) in [5, 5.41) is 11.2. The average molecular weight is 404 g/mol. The van der Waals surface area contributed by atoms with Crippen LogP contribution >= 0.6 is 0 Å². The monoisotopic (exact) mass is 404 g/mol. The Morgan fingerprint density at radius 2 is 2.00 bits per heavy atom. The zero-order chi connectivity index (χ0) is 21.1. The molecular weight excluding hydrogens is 380 g/mol. The second-order valence-corrected chi connectivity index (χ2v) is 7.01. The summed E-state index contributed by atoms with van der Waals surface area (Å²) in [5.74, 6) is 1.09. The Bertz CT molecular complexity index is 1190. The molecule has 0 bridgehead atoms. The number of amides is 1. The van der Waals surface area contributed by atoms with E-state index in [1.54, 1.807) is 20.3 Å². The van der Waals surface area contributed by atoms with Gasteiger partial charge in [0.15, 0.2) is 0 Å². The van der Waals surface area contributed by atoms with Gasteiger partial charge < -0.3 is 19.4 Å². The van der Waals surface area contributed by atoms with Gasteiger partial charge in [-0.15, -0.1) is 0 Å². The Labute approximate surface area is 174 Å². The Hall–Kier alpha value is -3.74. The van der Waals surface area contributed by atoms with Crippen LogP contribution in [0.1, 0.15) is 15.9 Å². The largest absolute Gasteiger partial charge is 0.497 e. The highest BCUT2D eigenvalue weighted by atomic mass is 16.5. The lowest BCUT2D eigenvalue weighted by atomic mass is 10.1. The molecule has 0 saturated carbocycles. The molecule has 154 valence electrons. The number of aromatic nitrogens is 3. The van der Waals surface area contributed by atoms with Crippen molar-refractivity contribution in [2.45, 2.75) is 6.42 Å². The lowest BCUT2D eigenvalue weighted by Gasteiger charge is -2.11. The van der Waals surface area contributed by atoms with E-state index in [-0.39, 0.29) is 5.91 Å². The van der Waals surface area contributed by atoms with E-state index >= 15 is 0 Å². The number of aryl methyl sites for hydroxylation is 1. The molecule has 0 atom stereocenters. The number of hydrogen-bond acceptors (Lipinski definition) is 4. The zero-order valence-corrected chi connectivity index (χ0v) is 17.2. The molecule has 0 spiro atoms. The molecule has 1 amide bonds. The molecule has 0 aliphatic heterocycles. The Morgan fingerprint density at radius 3 is 2.80 bits per heavy atom. The minimum atomic E-state index is -0.183. The number of benzene rings is 2. The highest BCUT2D eigenvalue weighted by Gasteiger charge is 2.18. The second-order valence-electron chi connectivity index (χ2n) is 7.01. The predicted molar refractivity (Wildman–Crippen MR) is 116 cm³/mol. The summed E-state index contributed by atoms with van der Waals surface area (Å²) in [6.45, 7) is 0.525. The van der Waals surface area contributed by atoms with Gasteiger partial charge in [0.2, 0.25) is 0 Å². The van der Waals surface area contributed by atoms with Gasteiger partial charge in [0.05, 0.1) is 31.7 Å². The minimum Gasteiger partial charge on any atom is -0.497 e.